The molecule has 2 aromatic carbocycles. The van der Waals surface area contributed by atoms with Gasteiger partial charge < -0.3 is 14.5 Å². The fourth-order valence-electron chi connectivity index (χ4n) is 3.10. The summed E-state index contributed by atoms with van der Waals surface area (Å²) in [4.78, 5) is 25.1. The van der Waals surface area contributed by atoms with E-state index in [0.29, 0.717) is 48.4 Å². The van der Waals surface area contributed by atoms with Crippen molar-refractivity contribution in [2.24, 2.45) is 0 Å². The van der Waals surface area contributed by atoms with Crippen LogP contribution in [-0.2, 0) is 0 Å². The Hall–Kier alpha value is -3.12. The van der Waals surface area contributed by atoms with E-state index in [4.69, 9.17) is 16.3 Å². The van der Waals surface area contributed by atoms with Crippen molar-refractivity contribution in [3.8, 4) is 11.6 Å². The van der Waals surface area contributed by atoms with Crippen LogP contribution in [0.5, 0.6) is 11.6 Å². The minimum absolute atomic E-state index is 0.0608. The molecule has 1 aromatic heterocycles. The average Bonchev–Trinajstić information content (AvgIpc) is 2.76. The highest BCUT2D eigenvalue weighted by molar-refractivity contribution is 6.32. The summed E-state index contributed by atoms with van der Waals surface area (Å²) < 4.78 is 5.78. The van der Waals surface area contributed by atoms with Gasteiger partial charge in [-0.1, -0.05) is 41.9 Å². The highest BCUT2D eigenvalue weighted by Gasteiger charge is 2.23. The molecule has 3 aromatic rings. The largest absolute Gasteiger partial charge is 0.437 e. The summed E-state index contributed by atoms with van der Waals surface area (Å²) in [6, 6.07) is 18.4. The van der Waals surface area contributed by atoms with Crippen molar-refractivity contribution in [3.63, 3.8) is 0 Å². The second-order valence-electron chi connectivity index (χ2n) is 6.39. The normalized spacial score (nSPS) is 14.0. The topological polar surface area (TPSA) is 58.6 Å². The second kappa shape index (κ2) is 8.27. The first kappa shape index (κ1) is 18.3. The van der Waals surface area contributed by atoms with E-state index in [1.165, 1.54) is 6.33 Å². The summed E-state index contributed by atoms with van der Waals surface area (Å²) in [5.41, 5.74) is 0.716. The smallest absolute Gasteiger partial charge is 0.253 e. The van der Waals surface area contributed by atoms with E-state index >= 15 is 0 Å². The molecule has 2 heterocycles. The number of aromatic nitrogens is 2. The van der Waals surface area contributed by atoms with Crippen LogP contribution < -0.4 is 9.64 Å². The second-order valence-corrected chi connectivity index (χ2v) is 6.80. The number of nitrogens with zero attached hydrogens (tertiary/aromatic N) is 4. The predicted molar refractivity (Wildman–Crippen MR) is 108 cm³/mol. The van der Waals surface area contributed by atoms with Crippen molar-refractivity contribution in [2.75, 3.05) is 31.1 Å². The number of rotatable bonds is 4. The maximum absolute atomic E-state index is 12.6. The minimum atomic E-state index is 0.0608. The van der Waals surface area contributed by atoms with Crippen molar-refractivity contribution in [3.05, 3.63) is 77.6 Å². The number of amides is 1. The van der Waals surface area contributed by atoms with Gasteiger partial charge in [0.15, 0.2) is 0 Å². The number of hydrogen-bond donors (Lipinski definition) is 0. The summed E-state index contributed by atoms with van der Waals surface area (Å²) in [5, 5.41) is 0.524. The van der Waals surface area contributed by atoms with Gasteiger partial charge >= 0.3 is 0 Å². The Bertz CT molecular complexity index is 959. The first-order chi connectivity index (χ1) is 13.7. The van der Waals surface area contributed by atoms with E-state index < -0.39 is 0 Å². The van der Waals surface area contributed by atoms with Gasteiger partial charge in [0.25, 0.3) is 5.91 Å². The molecule has 1 saturated heterocycles. The van der Waals surface area contributed by atoms with Gasteiger partial charge in [-0.05, 0) is 24.3 Å². The third-order valence-electron chi connectivity index (χ3n) is 4.59. The molecule has 0 unspecified atom stereocenters. The molecule has 28 heavy (non-hydrogen) atoms. The summed E-state index contributed by atoms with van der Waals surface area (Å²) >= 11 is 6.14. The maximum Gasteiger partial charge on any atom is 0.253 e. The molecule has 0 bridgehead atoms. The van der Waals surface area contributed by atoms with E-state index in [1.807, 2.05) is 47.4 Å². The van der Waals surface area contributed by atoms with E-state index in [0.717, 1.165) is 5.82 Å². The van der Waals surface area contributed by atoms with E-state index in [9.17, 15) is 4.79 Å². The van der Waals surface area contributed by atoms with Gasteiger partial charge in [0.2, 0.25) is 5.88 Å². The Morgan fingerprint density at radius 2 is 1.64 bits per heavy atom. The fraction of sp³-hybridized carbons (Fsp3) is 0.190. The summed E-state index contributed by atoms with van der Waals surface area (Å²) in [6.07, 6.45) is 1.48. The zero-order valence-electron chi connectivity index (χ0n) is 15.2. The average molecular weight is 395 g/mol. The molecular weight excluding hydrogens is 376 g/mol. The zero-order valence-corrected chi connectivity index (χ0v) is 15.9. The third-order valence-corrected chi connectivity index (χ3v) is 4.90. The Labute approximate surface area is 168 Å². The molecule has 0 radical (unpaired) electrons. The quantitative estimate of drug-likeness (QED) is 0.672. The monoisotopic (exact) mass is 394 g/mol. The highest BCUT2D eigenvalue weighted by Crippen LogP contribution is 2.29. The van der Waals surface area contributed by atoms with Crippen molar-refractivity contribution < 1.29 is 9.53 Å². The Morgan fingerprint density at radius 1 is 0.929 bits per heavy atom. The van der Waals surface area contributed by atoms with Gasteiger partial charge in [-0.15, -0.1) is 0 Å². The standard InChI is InChI=1S/C21H19ClN4O2/c22-17-8-4-5-9-18(17)28-20-14-19(23-15-24-20)25-10-12-26(13-11-25)21(27)16-6-2-1-3-7-16/h1-9,14-15H,10-13H2. The van der Waals surface area contributed by atoms with Gasteiger partial charge in [0, 0.05) is 37.8 Å². The number of hydrogen-bond acceptors (Lipinski definition) is 5. The Kier molecular flexibility index (Phi) is 5.39. The number of para-hydroxylation sites is 1. The van der Waals surface area contributed by atoms with Crippen LogP contribution in [0.15, 0.2) is 67.0 Å². The molecule has 1 fully saturated rings. The highest BCUT2D eigenvalue weighted by atomic mass is 35.5. The lowest BCUT2D eigenvalue weighted by Crippen LogP contribution is -2.49. The van der Waals surface area contributed by atoms with Gasteiger partial charge in [-0.2, -0.15) is 0 Å². The van der Waals surface area contributed by atoms with Crippen LogP contribution in [0.1, 0.15) is 10.4 Å². The molecule has 0 saturated carbocycles. The van der Waals surface area contributed by atoms with Crippen LogP contribution in [0.2, 0.25) is 5.02 Å². The number of carbonyl (C=O) groups is 1. The van der Waals surface area contributed by atoms with Crippen molar-refractivity contribution in [1.29, 1.82) is 0 Å². The summed E-state index contributed by atoms with van der Waals surface area (Å²) in [6.45, 7) is 2.67. The number of anilines is 1. The molecule has 1 aliphatic heterocycles. The Morgan fingerprint density at radius 3 is 2.39 bits per heavy atom. The van der Waals surface area contributed by atoms with Gasteiger partial charge in [-0.3, -0.25) is 4.79 Å². The molecule has 0 atom stereocenters. The molecule has 4 rings (SSSR count). The SMILES string of the molecule is O=C(c1ccccc1)N1CCN(c2cc(Oc3ccccc3Cl)ncn2)CC1. The first-order valence-corrected chi connectivity index (χ1v) is 9.42. The van der Waals surface area contributed by atoms with Crippen LogP contribution in [0.4, 0.5) is 5.82 Å². The fourth-order valence-corrected chi connectivity index (χ4v) is 3.28. The zero-order chi connectivity index (χ0) is 19.3. The molecule has 0 aliphatic carbocycles. The van der Waals surface area contributed by atoms with Crippen LogP contribution >= 0.6 is 11.6 Å². The molecule has 1 amide bonds. The molecule has 6 nitrogen and oxygen atoms in total. The maximum atomic E-state index is 12.6. The molecule has 0 spiro atoms. The van der Waals surface area contributed by atoms with Crippen LogP contribution in [-0.4, -0.2) is 47.0 Å². The third kappa shape index (κ3) is 4.07. The van der Waals surface area contributed by atoms with Crippen LogP contribution in [0, 0.1) is 0 Å². The molecule has 7 heteroatoms. The van der Waals surface area contributed by atoms with Crippen molar-refractivity contribution >= 4 is 23.3 Å². The molecule has 0 N–H and O–H groups in total. The van der Waals surface area contributed by atoms with Gasteiger partial charge in [-0.25, -0.2) is 9.97 Å². The lowest BCUT2D eigenvalue weighted by atomic mass is 10.2. The number of benzene rings is 2. The summed E-state index contributed by atoms with van der Waals surface area (Å²) in [5.74, 6) is 1.81. The molecular formula is C21H19ClN4O2. The predicted octanol–water partition coefficient (Wildman–Crippen LogP) is 3.88. The molecule has 1 aliphatic rings. The van der Waals surface area contributed by atoms with E-state index in [1.54, 1.807) is 18.2 Å². The Balaban J connectivity index is 1.41. The van der Waals surface area contributed by atoms with Gasteiger partial charge in [0.05, 0.1) is 5.02 Å². The number of piperazine rings is 1. The number of ether oxygens (including phenoxy) is 1. The first-order valence-electron chi connectivity index (χ1n) is 9.04. The van der Waals surface area contributed by atoms with E-state index in [2.05, 4.69) is 14.9 Å². The van der Waals surface area contributed by atoms with Gasteiger partial charge in [0.1, 0.15) is 17.9 Å². The lowest BCUT2D eigenvalue weighted by Gasteiger charge is -2.35. The lowest BCUT2D eigenvalue weighted by molar-refractivity contribution is 0.0746. The number of halogens is 1. The van der Waals surface area contributed by atoms with E-state index in [-0.39, 0.29) is 5.91 Å². The van der Waals surface area contributed by atoms with Crippen LogP contribution in [0.3, 0.4) is 0 Å². The summed E-state index contributed by atoms with van der Waals surface area (Å²) in [7, 11) is 0. The minimum Gasteiger partial charge on any atom is -0.437 e. The van der Waals surface area contributed by atoms with Crippen molar-refractivity contribution in [2.45, 2.75) is 0 Å². The van der Waals surface area contributed by atoms with Crippen LogP contribution in [0.25, 0.3) is 0 Å². The molecule has 142 valence electrons. The van der Waals surface area contributed by atoms with Crippen molar-refractivity contribution in [1.82, 2.24) is 14.9 Å². The number of carbonyl (C=O) groups excluding carboxylic acids is 1.